The first-order valence-electron chi connectivity index (χ1n) is 2.14. The topological polar surface area (TPSA) is 3.24 Å². The van der Waals surface area contributed by atoms with E-state index in [0.29, 0.717) is 0 Å². The highest BCUT2D eigenvalue weighted by Crippen LogP contribution is 2.16. The van der Waals surface area contributed by atoms with Crippen molar-refractivity contribution in [2.45, 2.75) is 0 Å². The number of rotatable bonds is 1. The molecule has 0 fully saturated rings. The summed E-state index contributed by atoms with van der Waals surface area (Å²) in [4.78, 5) is 0. The van der Waals surface area contributed by atoms with E-state index < -0.39 is 0 Å². The van der Waals surface area contributed by atoms with Gasteiger partial charge in [0.05, 0.1) is 0 Å². The van der Waals surface area contributed by atoms with Crippen LogP contribution in [0.3, 0.4) is 0 Å². The van der Waals surface area contributed by atoms with Gasteiger partial charge < -0.3 is 4.31 Å². The van der Waals surface area contributed by atoms with Crippen molar-refractivity contribution in [3.05, 3.63) is 24.3 Å². The van der Waals surface area contributed by atoms with Gasteiger partial charge in [-0.15, -0.1) is 0 Å². The molecule has 1 rings (SSSR count). The third kappa shape index (κ3) is 0.996. The molecule has 0 spiro atoms. The van der Waals surface area contributed by atoms with Crippen molar-refractivity contribution < 1.29 is 0 Å². The summed E-state index contributed by atoms with van der Waals surface area (Å²) in [5, 5.41) is 2.06. The van der Waals surface area contributed by atoms with E-state index in [1.165, 1.54) is 0 Å². The van der Waals surface area contributed by atoms with Crippen molar-refractivity contribution in [1.82, 2.24) is 4.31 Å². The number of hydrogen-bond donors (Lipinski definition) is 0. The second kappa shape index (κ2) is 2.07. The van der Waals surface area contributed by atoms with E-state index in [0.717, 1.165) is 6.54 Å². The van der Waals surface area contributed by atoms with Crippen molar-refractivity contribution in [2.24, 2.45) is 0 Å². The van der Waals surface area contributed by atoms with Crippen molar-refractivity contribution >= 4 is 11.9 Å². The third-order valence-electron chi connectivity index (χ3n) is 0.781. The molecule has 0 radical (unpaired) electrons. The van der Waals surface area contributed by atoms with Gasteiger partial charge in [0.25, 0.3) is 0 Å². The maximum atomic E-state index is 3.61. The Morgan fingerprint density at radius 1 is 1.86 bits per heavy atom. The number of hydrogen-bond acceptors (Lipinski definition) is 2. The highest BCUT2D eigenvalue weighted by molar-refractivity contribution is 8.00. The van der Waals surface area contributed by atoms with Crippen LogP contribution in [-0.4, -0.2) is 10.8 Å². The summed E-state index contributed by atoms with van der Waals surface area (Å²) >= 11 is 1.68. The van der Waals surface area contributed by atoms with Crippen LogP contribution in [0.2, 0.25) is 0 Å². The molecular weight excluding hydrogens is 106 g/mol. The molecule has 1 aliphatic rings. The molecule has 0 amide bonds. The monoisotopic (exact) mass is 113 g/mol. The smallest absolute Gasteiger partial charge is 0.0481 e. The maximum Gasteiger partial charge on any atom is 0.0481 e. The first kappa shape index (κ1) is 4.78. The van der Waals surface area contributed by atoms with Crippen LogP contribution in [-0.2, 0) is 0 Å². The third-order valence-corrected chi connectivity index (χ3v) is 1.66. The van der Waals surface area contributed by atoms with Crippen molar-refractivity contribution in [2.75, 3.05) is 6.54 Å². The first-order chi connectivity index (χ1) is 3.43. The molecule has 1 nitrogen and oxygen atoms in total. The molecule has 0 aromatic heterocycles. The first-order valence-corrected chi connectivity index (χ1v) is 2.98. The molecule has 0 bridgehead atoms. The van der Waals surface area contributed by atoms with Gasteiger partial charge in [-0.3, -0.25) is 0 Å². The molecular formula is C5H7NS. The van der Waals surface area contributed by atoms with Gasteiger partial charge in [-0.05, 0) is 17.4 Å². The van der Waals surface area contributed by atoms with Crippen molar-refractivity contribution in [1.29, 1.82) is 0 Å². The van der Waals surface area contributed by atoms with Gasteiger partial charge in [-0.1, -0.05) is 12.7 Å². The predicted molar refractivity (Wildman–Crippen MR) is 33.6 cm³/mol. The largest absolute Gasteiger partial charge is 0.316 e. The van der Waals surface area contributed by atoms with Gasteiger partial charge in [-0.25, -0.2) is 0 Å². The van der Waals surface area contributed by atoms with Gasteiger partial charge in [0.15, 0.2) is 0 Å². The molecule has 0 unspecified atom stereocenters. The lowest BCUT2D eigenvalue weighted by Crippen LogP contribution is -1.99. The summed E-state index contributed by atoms with van der Waals surface area (Å²) in [5.74, 6) is 0. The Morgan fingerprint density at radius 2 is 2.71 bits per heavy atom. The fourth-order valence-corrected chi connectivity index (χ4v) is 1.02. The zero-order valence-electron chi connectivity index (χ0n) is 4.00. The van der Waals surface area contributed by atoms with Crippen LogP contribution in [0.1, 0.15) is 0 Å². The normalized spacial score (nSPS) is 18.0. The van der Waals surface area contributed by atoms with Crippen LogP contribution >= 0.6 is 11.9 Å². The van der Waals surface area contributed by atoms with Crippen molar-refractivity contribution in [3.8, 4) is 0 Å². The molecule has 0 saturated heterocycles. The summed E-state index contributed by atoms with van der Waals surface area (Å²) in [7, 11) is 0. The average Bonchev–Trinajstić information content (AvgIpc) is 2.14. The van der Waals surface area contributed by atoms with E-state index >= 15 is 0 Å². The zero-order valence-corrected chi connectivity index (χ0v) is 4.82. The Labute approximate surface area is 47.8 Å². The van der Waals surface area contributed by atoms with Gasteiger partial charge in [0.1, 0.15) is 0 Å². The molecule has 1 aliphatic heterocycles. The lowest BCUT2D eigenvalue weighted by Gasteiger charge is -2.05. The molecule has 0 N–H and O–H groups in total. The Bertz CT molecular complexity index is 90.3. The molecule has 38 valence electrons. The minimum atomic E-state index is 1.01. The highest BCUT2D eigenvalue weighted by atomic mass is 32.2. The van der Waals surface area contributed by atoms with E-state index in [2.05, 4.69) is 22.4 Å². The Balaban J connectivity index is 2.35. The second-order valence-corrected chi connectivity index (χ2v) is 2.21. The molecule has 2 heteroatoms. The van der Waals surface area contributed by atoms with Gasteiger partial charge in [0, 0.05) is 12.7 Å². The van der Waals surface area contributed by atoms with Gasteiger partial charge >= 0.3 is 0 Å². The maximum absolute atomic E-state index is 3.61. The van der Waals surface area contributed by atoms with E-state index in [9.17, 15) is 0 Å². The van der Waals surface area contributed by atoms with Gasteiger partial charge in [-0.2, -0.15) is 0 Å². The van der Waals surface area contributed by atoms with E-state index in [-0.39, 0.29) is 0 Å². The van der Waals surface area contributed by atoms with Crippen LogP contribution in [0, 0.1) is 0 Å². The average molecular weight is 113 g/mol. The summed E-state index contributed by atoms with van der Waals surface area (Å²) < 4.78 is 2.06. The van der Waals surface area contributed by atoms with Crippen LogP contribution in [0.15, 0.2) is 24.3 Å². The minimum Gasteiger partial charge on any atom is -0.316 e. The molecule has 0 saturated carbocycles. The quantitative estimate of drug-likeness (QED) is 0.475. The predicted octanol–water partition coefficient (Wildman–Crippen LogP) is 1.61. The molecule has 0 aromatic carbocycles. The van der Waals surface area contributed by atoms with E-state index in [1.807, 2.05) is 6.20 Å². The SMILES string of the molecule is C=CN1CC=CS1. The van der Waals surface area contributed by atoms with Crippen LogP contribution in [0.25, 0.3) is 0 Å². The standard InChI is InChI=1S/C5H7NS/c1-2-6-4-3-5-7-6/h2-3,5H,1,4H2. The lowest BCUT2D eigenvalue weighted by atomic mass is 10.6. The summed E-state index contributed by atoms with van der Waals surface area (Å²) in [6.07, 6.45) is 3.93. The fourth-order valence-electron chi connectivity index (χ4n) is 0.429. The Hall–Kier alpha value is -0.370. The van der Waals surface area contributed by atoms with Crippen LogP contribution in [0.4, 0.5) is 0 Å². The summed E-state index contributed by atoms with van der Waals surface area (Å²) in [5.41, 5.74) is 0. The fraction of sp³-hybridized carbons (Fsp3) is 0.200. The Morgan fingerprint density at radius 3 is 3.00 bits per heavy atom. The molecule has 7 heavy (non-hydrogen) atoms. The van der Waals surface area contributed by atoms with Crippen LogP contribution < -0.4 is 0 Å². The van der Waals surface area contributed by atoms with Gasteiger partial charge in [0.2, 0.25) is 0 Å². The highest BCUT2D eigenvalue weighted by Gasteiger charge is 1.97. The Kier molecular flexibility index (Phi) is 1.42. The van der Waals surface area contributed by atoms with Crippen molar-refractivity contribution in [3.63, 3.8) is 0 Å². The summed E-state index contributed by atoms with van der Waals surface area (Å²) in [6, 6.07) is 0. The molecule has 0 atom stereocenters. The van der Waals surface area contributed by atoms with E-state index in [4.69, 9.17) is 0 Å². The lowest BCUT2D eigenvalue weighted by molar-refractivity contribution is 0.717. The molecule has 0 aromatic rings. The van der Waals surface area contributed by atoms with Crippen LogP contribution in [0.5, 0.6) is 0 Å². The minimum absolute atomic E-state index is 1.01. The zero-order chi connectivity index (χ0) is 5.11. The second-order valence-electron chi connectivity index (χ2n) is 1.26. The van der Waals surface area contributed by atoms with E-state index in [1.54, 1.807) is 11.9 Å². The summed E-state index contributed by atoms with van der Waals surface area (Å²) in [6.45, 7) is 4.62. The molecule has 0 aliphatic carbocycles. The molecule has 1 heterocycles. The number of nitrogens with zero attached hydrogens (tertiary/aromatic N) is 1.